The number of allylic oxidation sites excluding steroid dienone is 1. The van der Waals surface area contributed by atoms with Crippen LogP contribution < -0.4 is 0 Å². The Morgan fingerprint density at radius 1 is 0.738 bits per heavy atom. The lowest BCUT2D eigenvalue weighted by Crippen LogP contribution is -2.34. The van der Waals surface area contributed by atoms with Crippen molar-refractivity contribution in [3.63, 3.8) is 0 Å². The second-order valence-corrected chi connectivity index (χ2v) is 12.2. The number of aromatic hydroxyl groups is 1. The van der Waals surface area contributed by atoms with Crippen LogP contribution in [0.2, 0.25) is 0 Å². The molecule has 7 rings (SSSR count). The van der Waals surface area contributed by atoms with Gasteiger partial charge in [0.05, 0.1) is 0 Å². The number of piperidine rings is 1. The Kier molecular flexibility index (Phi) is 7.44. The molecule has 212 valence electrons. The smallest absolute Gasteiger partial charge is 0.199 e. The Hall–Kier alpha value is -4.08. The molecule has 1 saturated heterocycles. The van der Waals surface area contributed by atoms with Crippen LogP contribution in [0.25, 0.3) is 21.9 Å². The normalized spacial score (nSPS) is 16.7. The van der Waals surface area contributed by atoms with Crippen LogP contribution in [0.4, 0.5) is 0 Å². The van der Waals surface area contributed by atoms with Crippen LogP contribution in [0.1, 0.15) is 54.8 Å². The van der Waals surface area contributed by atoms with E-state index in [-0.39, 0.29) is 5.41 Å². The summed E-state index contributed by atoms with van der Waals surface area (Å²) in [6, 6.07) is 37.6. The minimum atomic E-state index is 0.0133. The van der Waals surface area contributed by atoms with E-state index in [0.717, 1.165) is 68.9 Å². The van der Waals surface area contributed by atoms with E-state index in [9.17, 15) is 5.11 Å². The molecule has 0 radical (unpaired) electrons. The van der Waals surface area contributed by atoms with Gasteiger partial charge in [0.1, 0.15) is 0 Å². The standard InChI is InChI=1S/C39H40N2O/c42-38-33-17-5-4-16-31(33)29-41(38)32-22-27-40(28-23-32)26-11-10-24-39(25-12-15-30-13-2-1-3-14-30)36-20-8-6-18-34(36)35-19-7-9-21-37(35)39/h1-11,13-14,16-21,29,32,42H,12,15,22-28H2. The van der Waals surface area contributed by atoms with Crippen LogP contribution in [0.3, 0.4) is 0 Å². The van der Waals surface area contributed by atoms with Crippen molar-refractivity contribution in [1.29, 1.82) is 0 Å². The van der Waals surface area contributed by atoms with Gasteiger partial charge in [-0.05, 0) is 72.4 Å². The maximum absolute atomic E-state index is 10.8. The Bertz CT molecular complexity index is 1640. The molecule has 0 spiro atoms. The molecule has 5 aromatic rings. The first kappa shape index (κ1) is 26.8. The summed E-state index contributed by atoms with van der Waals surface area (Å²) in [5.41, 5.74) is 7.23. The van der Waals surface area contributed by atoms with Gasteiger partial charge in [0.2, 0.25) is 0 Å². The topological polar surface area (TPSA) is 28.4 Å². The van der Waals surface area contributed by atoms with Crippen molar-refractivity contribution < 1.29 is 5.11 Å². The van der Waals surface area contributed by atoms with E-state index in [1.165, 1.54) is 27.8 Å². The number of benzene rings is 4. The first-order valence-electron chi connectivity index (χ1n) is 15.6. The largest absolute Gasteiger partial charge is 0.494 e. The third-order valence-corrected chi connectivity index (χ3v) is 9.76. The van der Waals surface area contributed by atoms with E-state index < -0.39 is 0 Å². The summed E-state index contributed by atoms with van der Waals surface area (Å²) in [6.45, 7) is 3.09. The first-order valence-corrected chi connectivity index (χ1v) is 15.6. The molecule has 1 aromatic heterocycles. The van der Waals surface area contributed by atoms with Gasteiger partial charge in [-0.2, -0.15) is 0 Å². The summed E-state index contributed by atoms with van der Waals surface area (Å²) >= 11 is 0. The average Bonchev–Trinajstić information content (AvgIpc) is 3.53. The van der Waals surface area contributed by atoms with Crippen molar-refractivity contribution in [3.05, 3.63) is 138 Å². The highest BCUT2D eigenvalue weighted by Gasteiger charge is 2.41. The van der Waals surface area contributed by atoms with Gasteiger partial charge < -0.3 is 9.67 Å². The number of hydrogen-bond donors (Lipinski definition) is 1. The average molecular weight is 553 g/mol. The first-order chi connectivity index (χ1) is 20.7. The molecule has 1 aliphatic heterocycles. The fourth-order valence-corrected chi connectivity index (χ4v) is 7.58. The number of nitrogens with zero attached hydrogens (tertiary/aromatic N) is 2. The molecule has 0 amide bonds. The number of rotatable bonds is 9. The molecule has 1 N–H and O–H groups in total. The van der Waals surface area contributed by atoms with Gasteiger partial charge in [-0.3, -0.25) is 4.90 Å². The Morgan fingerprint density at radius 2 is 1.38 bits per heavy atom. The van der Waals surface area contributed by atoms with E-state index >= 15 is 0 Å². The molecule has 0 unspecified atom stereocenters. The minimum absolute atomic E-state index is 0.0133. The van der Waals surface area contributed by atoms with Crippen LogP contribution in [-0.2, 0) is 11.8 Å². The lowest BCUT2D eigenvalue weighted by Gasteiger charge is -2.33. The van der Waals surface area contributed by atoms with Crippen molar-refractivity contribution in [2.45, 2.75) is 50.0 Å². The Labute approximate surface area is 249 Å². The Morgan fingerprint density at radius 3 is 2.10 bits per heavy atom. The summed E-state index contributed by atoms with van der Waals surface area (Å²) in [6.07, 6.45) is 13.5. The molecule has 0 bridgehead atoms. The number of aryl methyl sites for hydroxylation is 1. The summed E-state index contributed by atoms with van der Waals surface area (Å²) in [4.78, 5) is 2.56. The molecule has 3 nitrogen and oxygen atoms in total. The van der Waals surface area contributed by atoms with E-state index in [4.69, 9.17) is 0 Å². The summed E-state index contributed by atoms with van der Waals surface area (Å²) < 4.78 is 2.10. The summed E-state index contributed by atoms with van der Waals surface area (Å²) in [5.74, 6) is 0.415. The fraction of sp³-hybridized carbons (Fsp3) is 0.282. The third-order valence-electron chi connectivity index (χ3n) is 9.76. The van der Waals surface area contributed by atoms with Gasteiger partial charge in [-0.25, -0.2) is 0 Å². The van der Waals surface area contributed by atoms with Crippen LogP contribution in [0.15, 0.2) is 121 Å². The Balaban J connectivity index is 1.04. The SMILES string of the molecule is Oc1c2ccccc2cn1C1CCN(CC=CCC2(CCCc3ccccc3)c3ccccc3-c3ccccc32)CC1. The number of hydrogen-bond acceptors (Lipinski definition) is 2. The van der Waals surface area contributed by atoms with E-state index in [0.29, 0.717) is 11.9 Å². The molecular formula is C39H40N2O. The van der Waals surface area contributed by atoms with Crippen molar-refractivity contribution in [1.82, 2.24) is 9.47 Å². The fourth-order valence-electron chi connectivity index (χ4n) is 7.58. The monoisotopic (exact) mass is 552 g/mol. The van der Waals surface area contributed by atoms with E-state index in [2.05, 4.69) is 113 Å². The molecule has 0 atom stereocenters. The maximum atomic E-state index is 10.8. The second-order valence-electron chi connectivity index (χ2n) is 12.2. The highest BCUT2D eigenvalue weighted by molar-refractivity contribution is 5.87. The van der Waals surface area contributed by atoms with E-state index in [1.807, 2.05) is 18.2 Å². The number of aromatic nitrogens is 1. The zero-order valence-corrected chi connectivity index (χ0v) is 24.3. The van der Waals surface area contributed by atoms with Crippen molar-refractivity contribution in [2.24, 2.45) is 0 Å². The van der Waals surface area contributed by atoms with Crippen LogP contribution in [0.5, 0.6) is 5.88 Å². The third kappa shape index (κ3) is 4.97. The molecular weight excluding hydrogens is 512 g/mol. The number of fused-ring (bicyclic) bond motifs is 4. The second kappa shape index (κ2) is 11.7. The van der Waals surface area contributed by atoms with Crippen molar-refractivity contribution in [2.75, 3.05) is 19.6 Å². The van der Waals surface area contributed by atoms with E-state index in [1.54, 1.807) is 0 Å². The molecule has 1 fully saturated rings. The molecule has 2 aliphatic rings. The zero-order chi connectivity index (χ0) is 28.4. The van der Waals surface area contributed by atoms with Crippen molar-refractivity contribution in [3.8, 4) is 17.0 Å². The van der Waals surface area contributed by atoms with Gasteiger partial charge in [0, 0.05) is 48.1 Å². The predicted octanol–water partition coefficient (Wildman–Crippen LogP) is 8.92. The molecule has 1 aliphatic carbocycles. The van der Waals surface area contributed by atoms with Gasteiger partial charge in [-0.15, -0.1) is 0 Å². The summed E-state index contributed by atoms with van der Waals surface area (Å²) in [5, 5.41) is 12.9. The highest BCUT2D eigenvalue weighted by atomic mass is 16.3. The van der Waals surface area contributed by atoms with Crippen molar-refractivity contribution >= 4 is 10.8 Å². The lowest BCUT2D eigenvalue weighted by molar-refractivity contribution is 0.196. The molecule has 42 heavy (non-hydrogen) atoms. The highest BCUT2D eigenvalue weighted by Crippen LogP contribution is 2.53. The number of likely N-dealkylation sites (tertiary alicyclic amines) is 1. The van der Waals surface area contributed by atoms with Gasteiger partial charge in [-0.1, -0.05) is 109 Å². The van der Waals surface area contributed by atoms with Crippen LogP contribution >= 0.6 is 0 Å². The molecule has 3 heteroatoms. The predicted molar refractivity (Wildman–Crippen MR) is 174 cm³/mol. The summed E-state index contributed by atoms with van der Waals surface area (Å²) in [7, 11) is 0. The van der Waals surface area contributed by atoms with Gasteiger partial charge in [0.25, 0.3) is 0 Å². The lowest BCUT2D eigenvalue weighted by atomic mass is 9.71. The van der Waals surface area contributed by atoms with Gasteiger partial charge in [0.15, 0.2) is 5.88 Å². The zero-order valence-electron chi connectivity index (χ0n) is 24.3. The molecule has 2 heterocycles. The van der Waals surface area contributed by atoms with Gasteiger partial charge >= 0.3 is 0 Å². The molecule has 0 saturated carbocycles. The maximum Gasteiger partial charge on any atom is 0.199 e. The quantitative estimate of drug-likeness (QED) is 0.185. The van der Waals surface area contributed by atoms with Crippen LogP contribution in [-0.4, -0.2) is 34.2 Å². The minimum Gasteiger partial charge on any atom is -0.494 e. The molecule has 4 aromatic carbocycles. The van der Waals surface area contributed by atoms with Crippen LogP contribution in [0, 0.1) is 0 Å².